The molecule has 1 N–H and O–H groups in total. The van der Waals surface area contributed by atoms with Gasteiger partial charge in [0.15, 0.2) is 0 Å². The largest absolute Gasteiger partial charge is 0.304 e. The maximum Gasteiger partial charge on any atom is 0.263 e. The van der Waals surface area contributed by atoms with Crippen LogP contribution in [0.2, 0.25) is 0 Å². The lowest BCUT2D eigenvalue weighted by Crippen LogP contribution is -2.43. The van der Waals surface area contributed by atoms with E-state index in [9.17, 15) is 8.42 Å². The fraction of sp³-hybridized carbons (Fsp3) is 0.240. The minimum atomic E-state index is -3.78. The van der Waals surface area contributed by atoms with Crippen molar-refractivity contribution in [2.45, 2.75) is 11.4 Å². The highest BCUT2D eigenvalue weighted by molar-refractivity contribution is 7.92. The van der Waals surface area contributed by atoms with E-state index >= 15 is 0 Å². The third kappa shape index (κ3) is 4.91. The quantitative estimate of drug-likeness (QED) is 0.459. The zero-order chi connectivity index (χ0) is 23.5. The predicted octanol–water partition coefficient (Wildman–Crippen LogP) is 3.24. The van der Waals surface area contributed by atoms with Crippen molar-refractivity contribution in [3.63, 3.8) is 0 Å². The molecular formula is C25H26N6O2S. The average molecular weight is 475 g/mol. The second-order valence-electron chi connectivity index (χ2n) is 8.52. The van der Waals surface area contributed by atoms with Crippen LogP contribution in [0, 0.1) is 0 Å². The van der Waals surface area contributed by atoms with Gasteiger partial charge in [0.05, 0.1) is 10.6 Å². The van der Waals surface area contributed by atoms with E-state index in [4.69, 9.17) is 0 Å². The number of likely N-dealkylation sites (N-methyl/N-ethyl adjacent to an activating group) is 1. The minimum absolute atomic E-state index is 0.166. The van der Waals surface area contributed by atoms with E-state index in [0.29, 0.717) is 0 Å². The van der Waals surface area contributed by atoms with Crippen LogP contribution in [0.3, 0.4) is 0 Å². The highest BCUT2D eigenvalue weighted by atomic mass is 32.2. The van der Waals surface area contributed by atoms with Gasteiger partial charge in [-0.25, -0.2) is 18.4 Å². The number of nitrogens with one attached hydrogen (secondary N) is 1. The summed E-state index contributed by atoms with van der Waals surface area (Å²) in [6.07, 6.45) is 4.51. The van der Waals surface area contributed by atoms with Gasteiger partial charge in [-0.2, -0.15) is 0 Å². The van der Waals surface area contributed by atoms with Gasteiger partial charge in [-0.15, -0.1) is 0 Å². The molecular weight excluding hydrogens is 448 g/mol. The van der Waals surface area contributed by atoms with Gasteiger partial charge in [0.1, 0.15) is 12.1 Å². The molecule has 5 rings (SSSR count). The van der Waals surface area contributed by atoms with Crippen LogP contribution in [-0.2, 0) is 16.6 Å². The highest BCUT2D eigenvalue weighted by Gasteiger charge is 2.17. The summed E-state index contributed by atoms with van der Waals surface area (Å²) in [6, 6.07) is 16.9. The summed E-state index contributed by atoms with van der Waals surface area (Å²) < 4.78 is 28.2. The Hall–Kier alpha value is -3.40. The Bertz CT molecular complexity index is 1400. The molecule has 9 heteroatoms. The molecule has 8 nitrogen and oxygen atoms in total. The Morgan fingerprint density at radius 1 is 0.941 bits per heavy atom. The molecule has 0 radical (unpaired) electrons. The maximum absolute atomic E-state index is 12.9. The molecule has 0 amide bonds. The minimum Gasteiger partial charge on any atom is -0.304 e. The van der Waals surface area contributed by atoms with E-state index < -0.39 is 10.0 Å². The van der Waals surface area contributed by atoms with Crippen LogP contribution >= 0.6 is 0 Å². The van der Waals surface area contributed by atoms with Crippen LogP contribution in [0.4, 0.5) is 5.82 Å². The van der Waals surface area contributed by atoms with Crippen LogP contribution in [0.1, 0.15) is 5.56 Å². The van der Waals surface area contributed by atoms with Crippen molar-refractivity contribution in [2.75, 3.05) is 37.9 Å². The van der Waals surface area contributed by atoms with Crippen molar-refractivity contribution in [1.82, 2.24) is 24.8 Å². The number of pyridine rings is 1. The summed E-state index contributed by atoms with van der Waals surface area (Å²) >= 11 is 0. The first-order valence-corrected chi connectivity index (χ1v) is 12.6. The average Bonchev–Trinajstić information content (AvgIpc) is 2.85. The Kier molecular flexibility index (Phi) is 6.23. The second-order valence-corrected chi connectivity index (χ2v) is 10.2. The molecule has 4 aromatic rings. The summed E-state index contributed by atoms with van der Waals surface area (Å²) in [7, 11) is -1.62. The molecule has 3 heterocycles. The van der Waals surface area contributed by atoms with Crippen LogP contribution < -0.4 is 4.72 Å². The molecule has 1 saturated heterocycles. The van der Waals surface area contributed by atoms with Crippen molar-refractivity contribution in [1.29, 1.82) is 0 Å². The molecule has 1 fully saturated rings. The van der Waals surface area contributed by atoms with Gasteiger partial charge in [-0.3, -0.25) is 14.6 Å². The number of hydrogen-bond acceptors (Lipinski definition) is 7. The van der Waals surface area contributed by atoms with E-state index in [-0.39, 0.29) is 10.7 Å². The van der Waals surface area contributed by atoms with Crippen LogP contribution in [0.25, 0.3) is 22.0 Å². The van der Waals surface area contributed by atoms with E-state index in [0.717, 1.165) is 54.8 Å². The molecule has 0 unspecified atom stereocenters. The summed E-state index contributed by atoms with van der Waals surface area (Å²) in [5, 5.41) is 1.71. The topological polar surface area (TPSA) is 91.3 Å². The molecule has 0 bridgehead atoms. The number of sulfonamides is 1. The van der Waals surface area contributed by atoms with Crippen molar-refractivity contribution in [2.24, 2.45) is 0 Å². The van der Waals surface area contributed by atoms with Gasteiger partial charge in [0.2, 0.25) is 0 Å². The zero-order valence-corrected chi connectivity index (χ0v) is 19.7. The van der Waals surface area contributed by atoms with Crippen molar-refractivity contribution in [3.05, 3.63) is 78.9 Å². The smallest absolute Gasteiger partial charge is 0.263 e. The van der Waals surface area contributed by atoms with Crippen molar-refractivity contribution >= 4 is 26.6 Å². The predicted molar refractivity (Wildman–Crippen MR) is 133 cm³/mol. The number of piperazine rings is 1. The van der Waals surface area contributed by atoms with Crippen LogP contribution in [0.5, 0.6) is 0 Å². The van der Waals surface area contributed by atoms with E-state index in [1.807, 2.05) is 12.1 Å². The van der Waals surface area contributed by atoms with Crippen molar-refractivity contribution in [3.8, 4) is 11.3 Å². The lowest BCUT2D eigenvalue weighted by molar-refractivity contribution is 0.148. The van der Waals surface area contributed by atoms with Crippen LogP contribution in [-0.4, -0.2) is 66.4 Å². The lowest BCUT2D eigenvalue weighted by Gasteiger charge is -2.32. The molecule has 1 aliphatic rings. The van der Waals surface area contributed by atoms with Gasteiger partial charge in [0, 0.05) is 56.1 Å². The van der Waals surface area contributed by atoms with E-state index in [1.54, 1.807) is 18.3 Å². The van der Waals surface area contributed by atoms with Crippen molar-refractivity contribution < 1.29 is 8.42 Å². The Balaban J connectivity index is 1.43. The maximum atomic E-state index is 12.9. The van der Waals surface area contributed by atoms with E-state index in [2.05, 4.69) is 60.8 Å². The molecule has 2 aromatic carbocycles. The number of hydrogen-bond donors (Lipinski definition) is 1. The molecule has 0 atom stereocenters. The van der Waals surface area contributed by atoms with Gasteiger partial charge < -0.3 is 4.90 Å². The van der Waals surface area contributed by atoms with Gasteiger partial charge >= 0.3 is 0 Å². The Morgan fingerprint density at radius 3 is 2.59 bits per heavy atom. The summed E-state index contributed by atoms with van der Waals surface area (Å²) in [6.45, 7) is 5.20. The normalized spacial score (nSPS) is 15.4. The zero-order valence-electron chi connectivity index (χ0n) is 18.9. The summed E-state index contributed by atoms with van der Waals surface area (Å²) in [4.78, 5) is 17.4. The number of benzene rings is 2. The second kappa shape index (κ2) is 9.46. The monoisotopic (exact) mass is 474 g/mol. The van der Waals surface area contributed by atoms with Gasteiger partial charge in [-0.05, 0) is 48.3 Å². The summed E-state index contributed by atoms with van der Waals surface area (Å²) in [5.74, 6) is 0.225. The molecule has 0 spiro atoms. The molecule has 1 aliphatic heterocycles. The number of fused-ring (bicyclic) bond motifs is 1. The SMILES string of the molecule is CN1CCN(Cc2cccc(-c3nccc4cc(S(=O)(=O)Nc5ccncn5)ccc34)c2)CC1. The third-order valence-corrected chi connectivity index (χ3v) is 7.42. The number of nitrogens with zero attached hydrogens (tertiary/aromatic N) is 5. The third-order valence-electron chi connectivity index (χ3n) is 6.07. The van der Waals surface area contributed by atoms with Gasteiger partial charge in [0.25, 0.3) is 10.0 Å². The molecule has 34 heavy (non-hydrogen) atoms. The lowest BCUT2D eigenvalue weighted by atomic mass is 10.0. The number of rotatable bonds is 6. The molecule has 2 aromatic heterocycles. The standard InChI is InChI=1S/C25H26N6O2S/c1-30-11-13-31(14-12-30)17-19-3-2-4-21(15-19)25-23-6-5-22(16-20(23)7-10-27-25)34(32,33)29-24-8-9-26-18-28-24/h2-10,15-16,18H,11-14,17H2,1H3,(H,26,28,29). The van der Waals surface area contributed by atoms with Gasteiger partial charge in [-0.1, -0.05) is 24.3 Å². The van der Waals surface area contributed by atoms with Crippen LogP contribution in [0.15, 0.2) is 78.2 Å². The number of aromatic nitrogens is 3. The number of anilines is 1. The molecule has 0 aliphatic carbocycles. The first kappa shape index (κ1) is 22.4. The fourth-order valence-electron chi connectivity index (χ4n) is 4.18. The fourth-order valence-corrected chi connectivity index (χ4v) is 5.23. The first-order valence-electron chi connectivity index (χ1n) is 11.2. The Labute approximate surface area is 199 Å². The molecule has 174 valence electrons. The first-order chi connectivity index (χ1) is 16.5. The molecule has 0 saturated carbocycles. The highest BCUT2D eigenvalue weighted by Crippen LogP contribution is 2.29. The summed E-state index contributed by atoms with van der Waals surface area (Å²) in [5.41, 5.74) is 3.10. The van der Waals surface area contributed by atoms with E-state index in [1.165, 1.54) is 24.2 Å². The Morgan fingerprint density at radius 2 is 1.79 bits per heavy atom.